The fraction of sp³-hybridized carbons (Fsp3) is 0.200. The van der Waals surface area contributed by atoms with Gasteiger partial charge in [0.25, 0.3) is 0 Å². The van der Waals surface area contributed by atoms with Crippen molar-refractivity contribution < 1.29 is 4.74 Å². The van der Waals surface area contributed by atoms with Crippen molar-refractivity contribution in [3.05, 3.63) is 59.7 Å². The highest BCUT2D eigenvalue weighted by atomic mass is 16.5. The summed E-state index contributed by atoms with van der Waals surface area (Å²) >= 11 is 0. The Morgan fingerprint density at radius 2 is 1.71 bits per heavy atom. The summed E-state index contributed by atoms with van der Waals surface area (Å²) in [5.74, 6) is 0. The number of rotatable bonds is 4. The van der Waals surface area contributed by atoms with E-state index in [1.807, 2.05) is 44.3 Å². The first-order chi connectivity index (χ1) is 10.2. The Balaban J connectivity index is 1.67. The summed E-state index contributed by atoms with van der Waals surface area (Å²) < 4.78 is 7.19. The zero-order valence-electron chi connectivity index (χ0n) is 11.9. The SMILES string of the molecule is Cc1ccc(-n2cc(COc3ncc(C)cn3)nn2)cc1. The molecule has 0 unspecified atom stereocenters. The van der Waals surface area contributed by atoms with Gasteiger partial charge in [-0.25, -0.2) is 14.6 Å². The largest absolute Gasteiger partial charge is 0.457 e. The zero-order chi connectivity index (χ0) is 14.7. The minimum absolute atomic E-state index is 0.287. The normalized spacial score (nSPS) is 10.6. The summed E-state index contributed by atoms with van der Waals surface area (Å²) in [6, 6.07) is 8.40. The summed E-state index contributed by atoms with van der Waals surface area (Å²) in [5, 5.41) is 8.17. The second-order valence-corrected chi connectivity index (χ2v) is 4.82. The van der Waals surface area contributed by atoms with E-state index in [2.05, 4.69) is 20.3 Å². The molecule has 0 N–H and O–H groups in total. The lowest BCUT2D eigenvalue weighted by molar-refractivity contribution is 0.276. The van der Waals surface area contributed by atoms with E-state index < -0.39 is 0 Å². The number of aromatic nitrogens is 5. The molecule has 2 heterocycles. The Hall–Kier alpha value is -2.76. The van der Waals surface area contributed by atoms with Crippen molar-refractivity contribution in [1.29, 1.82) is 0 Å². The highest BCUT2D eigenvalue weighted by Gasteiger charge is 2.05. The van der Waals surface area contributed by atoms with Crippen molar-refractivity contribution in [3.63, 3.8) is 0 Å². The topological polar surface area (TPSA) is 65.7 Å². The van der Waals surface area contributed by atoms with E-state index in [0.29, 0.717) is 6.01 Å². The van der Waals surface area contributed by atoms with Crippen molar-refractivity contribution >= 4 is 0 Å². The first kappa shape index (κ1) is 13.2. The maximum Gasteiger partial charge on any atom is 0.316 e. The van der Waals surface area contributed by atoms with Gasteiger partial charge in [0.2, 0.25) is 0 Å². The van der Waals surface area contributed by atoms with E-state index in [1.54, 1.807) is 17.1 Å². The molecule has 3 aromatic rings. The van der Waals surface area contributed by atoms with Gasteiger partial charge in [0, 0.05) is 12.4 Å². The van der Waals surface area contributed by atoms with Crippen LogP contribution in [0, 0.1) is 13.8 Å². The molecule has 0 atom stereocenters. The van der Waals surface area contributed by atoms with Crippen molar-refractivity contribution in [2.45, 2.75) is 20.5 Å². The van der Waals surface area contributed by atoms with Gasteiger partial charge < -0.3 is 4.74 Å². The third-order valence-electron chi connectivity index (χ3n) is 2.95. The smallest absolute Gasteiger partial charge is 0.316 e. The molecule has 0 saturated heterocycles. The lowest BCUT2D eigenvalue weighted by atomic mass is 10.2. The third-order valence-corrected chi connectivity index (χ3v) is 2.95. The molecule has 6 heteroatoms. The van der Waals surface area contributed by atoms with Gasteiger partial charge in [-0.2, -0.15) is 0 Å². The molecule has 0 fully saturated rings. The number of hydrogen-bond acceptors (Lipinski definition) is 5. The van der Waals surface area contributed by atoms with Crippen LogP contribution >= 0.6 is 0 Å². The summed E-state index contributed by atoms with van der Waals surface area (Å²) in [6.45, 7) is 4.26. The third kappa shape index (κ3) is 3.22. The molecule has 1 aromatic carbocycles. The molecule has 6 nitrogen and oxygen atoms in total. The van der Waals surface area contributed by atoms with Crippen LogP contribution in [-0.2, 0) is 6.61 Å². The first-order valence-electron chi connectivity index (χ1n) is 6.60. The van der Waals surface area contributed by atoms with Gasteiger partial charge in [-0.05, 0) is 31.5 Å². The average molecular weight is 281 g/mol. The van der Waals surface area contributed by atoms with Crippen LogP contribution in [0.3, 0.4) is 0 Å². The predicted octanol–water partition coefficient (Wildman–Crippen LogP) is 2.25. The Kier molecular flexibility index (Phi) is 3.59. The van der Waals surface area contributed by atoms with Crippen LogP contribution in [0.15, 0.2) is 42.9 Å². The summed E-state index contributed by atoms with van der Waals surface area (Å²) in [7, 11) is 0. The van der Waals surface area contributed by atoms with Crippen LogP contribution < -0.4 is 4.74 Å². The minimum Gasteiger partial charge on any atom is -0.457 e. The Morgan fingerprint density at radius 3 is 2.43 bits per heavy atom. The van der Waals surface area contributed by atoms with Crippen LogP contribution in [0.25, 0.3) is 5.69 Å². The van der Waals surface area contributed by atoms with Gasteiger partial charge in [0.05, 0.1) is 11.9 Å². The fourth-order valence-corrected chi connectivity index (χ4v) is 1.78. The van der Waals surface area contributed by atoms with Gasteiger partial charge in [0.1, 0.15) is 12.3 Å². The maximum absolute atomic E-state index is 5.48. The molecule has 3 rings (SSSR count). The van der Waals surface area contributed by atoms with Crippen molar-refractivity contribution in [3.8, 4) is 11.7 Å². The van der Waals surface area contributed by atoms with E-state index in [9.17, 15) is 0 Å². The molecule has 0 radical (unpaired) electrons. The first-order valence-corrected chi connectivity index (χ1v) is 6.60. The van der Waals surface area contributed by atoms with Crippen LogP contribution in [-0.4, -0.2) is 25.0 Å². The standard InChI is InChI=1S/C15H15N5O/c1-11-3-5-14(6-4-11)20-9-13(18-19-20)10-21-15-16-7-12(2)8-17-15/h3-9H,10H2,1-2H3. The fourth-order valence-electron chi connectivity index (χ4n) is 1.78. The average Bonchev–Trinajstić information content (AvgIpc) is 2.96. The lowest BCUT2D eigenvalue weighted by Gasteiger charge is -2.01. The number of ether oxygens (including phenoxy) is 1. The van der Waals surface area contributed by atoms with Gasteiger partial charge in [-0.1, -0.05) is 22.9 Å². The molecule has 0 aliphatic carbocycles. The Bertz CT molecular complexity index is 719. The van der Waals surface area contributed by atoms with E-state index in [0.717, 1.165) is 16.9 Å². The molecule has 0 amide bonds. The van der Waals surface area contributed by atoms with Crippen LogP contribution in [0.4, 0.5) is 0 Å². The van der Waals surface area contributed by atoms with Gasteiger partial charge in [-0.3, -0.25) is 0 Å². The van der Waals surface area contributed by atoms with Crippen molar-refractivity contribution in [2.75, 3.05) is 0 Å². The second kappa shape index (κ2) is 5.70. The van der Waals surface area contributed by atoms with Crippen molar-refractivity contribution in [1.82, 2.24) is 25.0 Å². The molecular weight excluding hydrogens is 266 g/mol. The molecule has 2 aromatic heterocycles. The highest BCUT2D eigenvalue weighted by Crippen LogP contribution is 2.09. The zero-order valence-corrected chi connectivity index (χ0v) is 11.9. The Morgan fingerprint density at radius 1 is 1.00 bits per heavy atom. The maximum atomic E-state index is 5.48. The number of nitrogens with zero attached hydrogens (tertiary/aromatic N) is 5. The number of aryl methyl sites for hydroxylation is 2. The molecule has 21 heavy (non-hydrogen) atoms. The van der Waals surface area contributed by atoms with Crippen molar-refractivity contribution in [2.24, 2.45) is 0 Å². The molecule has 106 valence electrons. The predicted molar refractivity (Wildman–Crippen MR) is 77.2 cm³/mol. The Labute approximate surface area is 122 Å². The monoisotopic (exact) mass is 281 g/mol. The van der Waals surface area contributed by atoms with Crippen LogP contribution in [0.1, 0.15) is 16.8 Å². The summed E-state index contributed by atoms with van der Waals surface area (Å²) in [6.07, 6.45) is 5.26. The molecule has 0 bridgehead atoms. The molecular formula is C15H15N5O. The molecule has 0 spiro atoms. The van der Waals surface area contributed by atoms with Crippen LogP contribution in [0.5, 0.6) is 6.01 Å². The number of benzene rings is 1. The van der Waals surface area contributed by atoms with Gasteiger partial charge in [-0.15, -0.1) is 5.10 Å². The lowest BCUT2D eigenvalue weighted by Crippen LogP contribution is -1.99. The van der Waals surface area contributed by atoms with E-state index in [1.165, 1.54) is 5.56 Å². The highest BCUT2D eigenvalue weighted by molar-refractivity contribution is 5.33. The van der Waals surface area contributed by atoms with E-state index in [4.69, 9.17) is 4.74 Å². The van der Waals surface area contributed by atoms with Crippen LogP contribution in [0.2, 0.25) is 0 Å². The summed E-state index contributed by atoms with van der Waals surface area (Å²) in [4.78, 5) is 8.16. The second-order valence-electron chi connectivity index (χ2n) is 4.82. The number of hydrogen-bond donors (Lipinski definition) is 0. The summed E-state index contributed by atoms with van der Waals surface area (Å²) in [5.41, 5.74) is 3.89. The van der Waals surface area contributed by atoms with Gasteiger partial charge >= 0.3 is 6.01 Å². The quantitative estimate of drug-likeness (QED) is 0.734. The molecule has 0 saturated carbocycles. The van der Waals surface area contributed by atoms with E-state index >= 15 is 0 Å². The van der Waals surface area contributed by atoms with E-state index in [-0.39, 0.29) is 6.61 Å². The molecule has 0 aliphatic heterocycles. The molecule has 0 aliphatic rings. The van der Waals surface area contributed by atoms with Gasteiger partial charge in [0.15, 0.2) is 0 Å². The minimum atomic E-state index is 0.287.